The molecule has 2 rings (SSSR count). The highest BCUT2D eigenvalue weighted by molar-refractivity contribution is 14.1. The lowest BCUT2D eigenvalue weighted by Crippen LogP contribution is -2.18. The van der Waals surface area contributed by atoms with E-state index in [1.165, 1.54) is 10.9 Å². The van der Waals surface area contributed by atoms with Gasteiger partial charge < -0.3 is 9.30 Å². The van der Waals surface area contributed by atoms with Gasteiger partial charge in [-0.25, -0.2) is 9.78 Å². The van der Waals surface area contributed by atoms with Gasteiger partial charge in [0.05, 0.1) is 24.7 Å². The Labute approximate surface area is 135 Å². The number of halogens is 2. The average Bonchev–Trinajstić information content (AvgIpc) is 2.89. The van der Waals surface area contributed by atoms with Crippen LogP contribution < -0.4 is 0 Å². The molecule has 2 aromatic rings. The zero-order valence-electron chi connectivity index (χ0n) is 11.5. The fourth-order valence-corrected chi connectivity index (χ4v) is 2.19. The Morgan fingerprint density at radius 2 is 2.29 bits per heavy atom. The van der Waals surface area contributed by atoms with Crippen molar-refractivity contribution < 1.29 is 13.9 Å². The number of nitrogens with zero attached hydrogens (tertiary/aromatic N) is 3. The van der Waals surface area contributed by atoms with E-state index in [2.05, 4.69) is 32.6 Å². The maximum atomic E-state index is 13.8. The van der Waals surface area contributed by atoms with Crippen molar-refractivity contribution >= 4 is 28.6 Å². The van der Waals surface area contributed by atoms with Gasteiger partial charge in [0.15, 0.2) is 5.69 Å². The minimum absolute atomic E-state index is 0.165. The molecular formula is C14H15FIN3O2. The number of carbonyl (C=O) groups is 1. The molecule has 5 nitrogen and oxygen atoms in total. The molecule has 0 aliphatic heterocycles. The van der Waals surface area contributed by atoms with E-state index in [1.807, 2.05) is 19.1 Å². The van der Waals surface area contributed by atoms with E-state index in [9.17, 15) is 9.18 Å². The van der Waals surface area contributed by atoms with Gasteiger partial charge in [0.1, 0.15) is 0 Å². The van der Waals surface area contributed by atoms with Crippen LogP contribution in [-0.4, -0.2) is 31.5 Å². The molecule has 0 bridgehead atoms. The Balaban J connectivity index is 2.23. The van der Waals surface area contributed by atoms with Crippen LogP contribution in [-0.2, 0) is 4.74 Å². The van der Waals surface area contributed by atoms with Crippen molar-refractivity contribution in [1.82, 2.24) is 14.5 Å². The second kappa shape index (κ2) is 7.48. The summed E-state index contributed by atoms with van der Waals surface area (Å²) in [6.07, 6.45) is 3.68. The molecule has 0 amide bonds. The van der Waals surface area contributed by atoms with E-state index in [4.69, 9.17) is 4.74 Å². The molecule has 2 heterocycles. The largest absolute Gasteiger partial charge is 0.461 e. The van der Waals surface area contributed by atoms with Gasteiger partial charge in [-0.15, -0.1) is 0 Å². The van der Waals surface area contributed by atoms with Crippen molar-refractivity contribution in [3.8, 4) is 0 Å². The number of hydrogen-bond acceptors (Lipinski definition) is 4. The number of esters is 1. The molecule has 0 saturated carbocycles. The van der Waals surface area contributed by atoms with Gasteiger partial charge in [-0.05, 0) is 25.5 Å². The Morgan fingerprint density at radius 1 is 1.48 bits per heavy atom. The third kappa shape index (κ3) is 3.78. The van der Waals surface area contributed by atoms with Gasteiger partial charge in [-0.3, -0.25) is 4.98 Å². The summed E-state index contributed by atoms with van der Waals surface area (Å²) in [4.78, 5) is 19.8. The van der Waals surface area contributed by atoms with E-state index in [0.29, 0.717) is 0 Å². The topological polar surface area (TPSA) is 57.0 Å². The smallest absolute Gasteiger partial charge is 0.359 e. The van der Waals surface area contributed by atoms with Crippen LogP contribution >= 0.6 is 22.6 Å². The van der Waals surface area contributed by atoms with E-state index in [-0.39, 0.29) is 18.3 Å². The summed E-state index contributed by atoms with van der Waals surface area (Å²) in [5.74, 6) is -1.52. The van der Waals surface area contributed by atoms with Gasteiger partial charge in [0.25, 0.3) is 0 Å². The van der Waals surface area contributed by atoms with E-state index in [0.717, 1.165) is 16.5 Å². The summed E-state index contributed by atoms with van der Waals surface area (Å²) in [5.41, 5.74) is 0.554. The second-order valence-electron chi connectivity index (χ2n) is 4.40. The Kier molecular flexibility index (Phi) is 5.66. The molecule has 112 valence electrons. The van der Waals surface area contributed by atoms with Crippen molar-refractivity contribution in [2.24, 2.45) is 0 Å². The highest BCUT2D eigenvalue weighted by Crippen LogP contribution is 2.20. The molecule has 7 heteroatoms. The number of imidazole rings is 1. The van der Waals surface area contributed by atoms with Crippen LogP contribution in [0.15, 0.2) is 30.7 Å². The van der Waals surface area contributed by atoms with Gasteiger partial charge in [0.2, 0.25) is 5.95 Å². The van der Waals surface area contributed by atoms with Crippen molar-refractivity contribution in [3.05, 3.63) is 48.1 Å². The van der Waals surface area contributed by atoms with Crippen LogP contribution in [0, 0.1) is 5.95 Å². The molecule has 2 aromatic heterocycles. The average molecular weight is 403 g/mol. The first kappa shape index (κ1) is 15.9. The fourth-order valence-electron chi connectivity index (χ4n) is 1.87. The lowest BCUT2D eigenvalue weighted by Gasteiger charge is -2.15. The minimum atomic E-state index is -0.822. The summed E-state index contributed by atoms with van der Waals surface area (Å²) in [6.45, 7) is 2.09. The summed E-state index contributed by atoms with van der Waals surface area (Å²) in [5, 5.41) is 0. The van der Waals surface area contributed by atoms with Crippen LogP contribution in [0.4, 0.5) is 4.39 Å². The maximum absolute atomic E-state index is 13.8. The lowest BCUT2D eigenvalue weighted by molar-refractivity contribution is 0.0487. The zero-order valence-corrected chi connectivity index (χ0v) is 13.7. The Morgan fingerprint density at radius 3 is 2.95 bits per heavy atom. The van der Waals surface area contributed by atoms with Gasteiger partial charge in [-0.2, -0.15) is 4.39 Å². The maximum Gasteiger partial charge on any atom is 0.359 e. The highest BCUT2D eigenvalue weighted by atomic mass is 127. The number of ether oxygens (including phenoxy) is 1. The molecule has 0 N–H and O–H groups in total. The van der Waals surface area contributed by atoms with Crippen molar-refractivity contribution in [2.75, 3.05) is 11.0 Å². The normalized spacial score (nSPS) is 12.1. The molecule has 1 atom stereocenters. The lowest BCUT2D eigenvalue weighted by atomic mass is 10.2. The van der Waals surface area contributed by atoms with E-state index in [1.54, 1.807) is 12.3 Å². The molecule has 0 saturated heterocycles. The number of pyridine rings is 1. The first-order valence-corrected chi connectivity index (χ1v) is 8.04. The van der Waals surface area contributed by atoms with Crippen LogP contribution in [0.1, 0.15) is 35.6 Å². The summed E-state index contributed by atoms with van der Waals surface area (Å²) >= 11 is 2.19. The number of hydrogen-bond donors (Lipinski definition) is 0. The van der Waals surface area contributed by atoms with Gasteiger partial charge >= 0.3 is 5.97 Å². The molecular weight excluding hydrogens is 388 g/mol. The highest BCUT2D eigenvalue weighted by Gasteiger charge is 2.24. The molecule has 0 spiro atoms. The van der Waals surface area contributed by atoms with Crippen molar-refractivity contribution in [3.63, 3.8) is 0 Å². The molecule has 0 fully saturated rings. The molecule has 0 aliphatic rings. The summed E-state index contributed by atoms with van der Waals surface area (Å²) in [6, 6.07) is 5.14. The quantitative estimate of drug-likeness (QED) is 0.322. The van der Waals surface area contributed by atoms with Gasteiger partial charge in [0, 0.05) is 10.6 Å². The molecule has 0 unspecified atom stereocenters. The Hall–Kier alpha value is -1.51. The van der Waals surface area contributed by atoms with Crippen LogP contribution in [0.2, 0.25) is 0 Å². The third-order valence-corrected chi connectivity index (χ3v) is 3.75. The van der Waals surface area contributed by atoms with E-state index < -0.39 is 11.9 Å². The second-order valence-corrected chi connectivity index (χ2v) is 5.48. The SMILES string of the molecule is C[C@H](c1ccccn1)n1cnc(F)c1C(=O)OCCCI. The predicted octanol–water partition coefficient (Wildman–Crippen LogP) is 3.01. The predicted molar refractivity (Wildman–Crippen MR) is 84.0 cm³/mol. The summed E-state index contributed by atoms with van der Waals surface area (Å²) in [7, 11) is 0. The third-order valence-electron chi connectivity index (χ3n) is 2.99. The molecule has 0 aliphatic carbocycles. The van der Waals surface area contributed by atoms with Gasteiger partial charge in [-0.1, -0.05) is 28.7 Å². The van der Waals surface area contributed by atoms with Crippen LogP contribution in [0.3, 0.4) is 0 Å². The first-order valence-electron chi connectivity index (χ1n) is 6.51. The number of alkyl halides is 1. The zero-order chi connectivity index (χ0) is 15.2. The number of aromatic nitrogens is 3. The van der Waals surface area contributed by atoms with Crippen molar-refractivity contribution in [2.45, 2.75) is 19.4 Å². The molecule has 0 aromatic carbocycles. The molecule has 21 heavy (non-hydrogen) atoms. The number of rotatable bonds is 6. The van der Waals surface area contributed by atoms with Crippen molar-refractivity contribution in [1.29, 1.82) is 0 Å². The van der Waals surface area contributed by atoms with E-state index >= 15 is 0 Å². The monoisotopic (exact) mass is 403 g/mol. The Bertz CT molecular complexity index is 604. The standard InChI is InChI=1S/C14H15FIN3O2/c1-10(11-5-2-3-7-17-11)19-9-18-13(15)12(19)14(20)21-8-4-6-16/h2-3,5,7,9-10H,4,6,8H2,1H3/t10-/m1/s1. The summed E-state index contributed by atoms with van der Waals surface area (Å²) < 4.78 is 21.2. The van der Waals surface area contributed by atoms with Crippen LogP contribution in [0.25, 0.3) is 0 Å². The van der Waals surface area contributed by atoms with Crippen LogP contribution in [0.5, 0.6) is 0 Å². The minimum Gasteiger partial charge on any atom is -0.461 e. The molecule has 0 radical (unpaired) electrons. The fraction of sp³-hybridized carbons (Fsp3) is 0.357. The number of carbonyl (C=O) groups excluding carboxylic acids is 1. The first-order chi connectivity index (χ1) is 10.1.